The predicted octanol–water partition coefficient (Wildman–Crippen LogP) is 5.73. The van der Waals surface area contributed by atoms with Crippen molar-refractivity contribution >= 4 is 58.4 Å². The first-order valence-electron chi connectivity index (χ1n) is 11.2. The number of fused-ring (bicyclic) bond motifs is 4. The third-order valence-corrected chi connectivity index (χ3v) is 8.91. The van der Waals surface area contributed by atoms with Crippen LogP contribution in [0.2, 0.25) is 0 Å². The zero-order chi connectivity index (χ0) is 23.4. The fourth-order valence-electron chi connectivity index (χ4n) is 4.73. The average molecular weight is 625 g/mol. The number of allylic oxidation sites excluding steroid dienone is 4. The summed E-state index contributed by atoms with van der Waals surface area (Å²) in [5.74, 6) is 4.82. The van der Waals surface area contributed by atoms with E-state index in [1.165, 1.54) is 25.7 Å². The molecule has 0 aliphatic heterocycles. The molecule has 6 unspecified atom stereocenters. The molecule has 4 bridgehead atoms. The summed E-state index contributed by atoms with van der Waals surface area (Å²) in [4.78, 5) is 22.0. The minimum absolute atomic E-state index is 0.0278. The highest BCUT2D eigenvalue weighted by molar-refractivity contribution is 9.20. The van der Waals surface area contributed by atoms with Crippen LogP contribution in [0.25, 0.3) is 0 Å². The zero-order valence-electron chi connectivity index (χ0n) is 19.0. The van der Waals surface area contributed by atoms with Gasteiger partial charge >= 0.3 is 0 Å². The van der Waals surface area contributed by atoms with E-state index in [4.69, 9.17) is 5.73 Å². The molecule has 176 valence electrons. The predicted molar refractivity (Wildman–Crippen MR) is 140 cm³/mol. The van der Waals surface area contributed by atoms with Gasteiger partial charge in [0.15, 0.2) is 0 Å². The van der Waals surface area contributed by atoms with Crippen molar-refractivity contribution in [3.05, 3.63) is 24.3 Å². The molecule has 4 rings (SSSR count). The molecule has 0 spiro atoms. The monoisotopic (exact) mass is 622 g/mol. The molecule has 7 heteroatoms. The minimum atomic E-state index is -0.444. The number of hydrogen-bond donors (Lipinski definition) is 2. The minimum Gasteiger partial charge on any atom is -0.355 e. The first-order valence-corrected chi connectivity index (χ1v) is 13.6. The molecule has 2 saturated carbocycles. The van der Waals surface area contributed by atoms with Gasteiger partial charge < -0.3 is 11.1 Å². The van der Waals surface area contributed by atoms with Crippen molar-refractivity contribution in [3.63, 3.8) is 0 Å². The van der Waals surface area contributed by atoms with Crippen molar-refractivity contribution < 1.29 is 9.59 Å². The first-order chi connectivity index (χ1) is 14.3. The molecule has 0 heterocycles. The van der Waals surface area contributed by atoms with Crippen molar-refractivity contribution in [2.24, 2.45) is 41.2 Å². The molecular weight excluding hydrogens is 588 g/mol. The Bertz CT molecular complexity index is 694. The number of carbonyl (C=O) groups excluding carboxylic acids is 2. The van der Waals surface area contributed by atoms with Gasteiger partial charge in [0.2, 0.25) is 10.6 Å². The summed E-state index contributed by atoms with van der Waals surface area (Å²) >= 11 is 9.32. The molecule has 0 aromatic carbocycles. The molecule has 0 saturated heterocycles. The number of amides is 1. The largest absolute Gasteiger partial charge is 0.355 e. The van der Waals surface area contributed by atoms with Gasteiger partial charge in [-0.05, 0) is 111 Å². The summed E-state index contributed by atoms with van der Waals surface area (Å²) in [6.07, 6.45) is 14.7. The van der Waals surface area contributed by atoms with Gasteiger partial charge in [-0.1, -0.05) is 56.2 Å². The summed E-state index contributed by atoms with van der Waals surface area (Å²) < 4.78 is -0.881. The number of alkyl halides is 2. The molecule has 0 radical (unpaired) electrons. The summed E-state index contributed by atoms with van der Waals surface area (Å²) in [5.41, 5.74) is 5.59. The van der Waals surface area contributed by atoms with Crippen LogP contribution in [-0.2, 0) is 9.59 Å². The Balaban J connectivity index is 0.000000182. The van der Waals surface area contributed by atoms with Gasteiger partial charge in [-0.3, -0.25) is 9.59 Å². The van der Waals surface area contributed by atoms with Gasteiger partial charge in [-0.25, -0.2) is 0 Å². The number of carbonyl (C=O) groups is 2. The quantitative estimate of drug-likeness (QED) is 0.233. The molecule has 0 aromatic rings. The molecule has 4 nitrogen and oxygen atoms in total. The topological polar surface area (TPSA) is 72.2 Å². The van der Waals surface area contributed by atoms with Gasteiger partial charge in [0, 0.05) is 6.54 Å². The second-order valence-electron chi connectivity index (χ2n) is 10.2. The van der Waals surface area contributed by atoms with Gasteiger partial charge in [0.25, 0.3) is 0 Å². The number of hydrogen-bond acceptors (Lipinski definition) is 3. The van der Waals surface area contributed by atoms with E-state index in [1.54, 1.807) is 13.8 Å². The maximum Gasteiger partial charge on any atom is 0.236 e. The summed E-state index contributed by atoms with van der Waals surface area (Å²) in [7, 11) is 0. The van der Waals surface area contributed by atoms with Crippen molar-refractivity contribution in [1.29, 1.82) is 0 Å². The Morgan fingerprint density at radius 3 is 1.58 bits per heavy atom. The highest BCUT2D eigenvalue weighted by atomic mass is 79.9. The molecule has 1 amide bonds. The Kier molecular flexibility index (Phi) is 10.1. The van der Waals surface area contributed by atoms with Crippen LogP contribution in [0.3, 0.4) is 0 Å². The summed E-state index contributed by atoms with van der Waals surface area (Å²) in [6.45, 7) is 9.05. The van der Waals surface area contributed by atoms with Crippen LogP contribution in [0.1, 0.15) is 53.4 Å². The van der Waals surface area contributed by atoms with Crippen LogP contribution in [0.15, 0.2) is 24.3 Å². The number of nitrogens with one attached hydrogen (secondary N) is 1. The van der Waals surface area contributed by atoms with E-state index in [2.05, 4.69) is 77.4 Å². The Labute approximate surface area is 213 Å². The number of halogens is 3. The molecule has 4 aliphatic carbocycles. The van der Waals surface area contributed by atoms with Crippen LogP contribution < -0.4 is 11.1 Å². The standard InChI is InChI=1S/C12H18BrNO.C8H13N.C4H6Br2O/c1-12(2,13)11(15)14-7-10-6-8-3-4-9(10)5-8;9-5-8-4-6-1-2-7(8)3-6;1-4(2,6)3(5)7/h3-4,8-10H,5-7H2,1-2H3,(H,14,15);1-2,6-8H,3-5,9H2;1-2H3. The summed E-state index contributed by atoms with van der Waals surface area (Å²) in [6, 6.07) is 0. The first kappa shape index (κ1) is 27.3. The Morgan fingerprint density at radius 2 is 1.32 bits per heavy atom. The van der Waals surface area contributed by atoms with Crippen molar-refractivity contribution in [2.45, 2.75) is 62.0 Å². The van der Waals surface area contributed by atoms with Crippen LogP contribution >= 0.6 is 47.8 Å². The van der Waals surface area contributed by atoms with Gasteiger partial charge in [0.05, 0.1) is 8.65 Å². The molecule has 3 N–H and O–H groups in total. The van der Waals surface area contributed by atoms with E-state index < -0.39 is 8.65 Å². The number of rotatable bonds is 5. The van der Waals surface area contributed by atoms with Crippen LogP contribution in [0.4, 0.5) is 0 Å². The smallest absolute Gasteiger partial charge is 0.236 e. The lowest BCUT2D eigenvalue weighted by Gasteiger charge is -2.21. The average Bonchev–Trinajstić information content (AvgIpc) is 3.46. The van der Waals surface area contributed by atoms with E-state index in [-0.39, 0.29) is 10.6 Å². The number of nitrogens with two attached hydrogens (primary N) is 1. The van der Waals surface area contributed by atoms with Gasteiger partial charge in [-0.2, -0.15) is 0 Å². The fraction of sp³-hybridized carbons (Fsp3) is 0.750. The van der Waals surface area contributed by atoms with Crippen molar-refractivity contribution in [1.82, 2.24) is 5.32 Å². The van der Waals surface area contributed by atoms with Crippen LogP contribution in [0.5, 0.6) is 0 Å². The van der Waals surface area contributed by atoms with Crippen LogP contribution in [-0.4, -0.2) is 32.3 Å². The SMILES string of the molecule is CC(C)(Br)C(=O)Br.CC(C)(Br)C(=O)NCC1CC2C=CC1C2.NCC1CC2C=CC1C2. The lowest BCUT2D eigenvalue weighted by molar-refractivity contribution is -0.122. The normalized spacial score (nSPS) is 32.3. The van der Waals surface area contributed by atoms with E-state index in [9.17, 15) is 9.59 Å². The van der Waals surface area contributed by atoms with Crippen molar-refractivity contribution in [3.8, 4) is 0 Å². The lowest BCUT2D eigenvalue weighted by Crippen LogP contribution is -2.40. The molecule has 2 fully saturated rings. The third kappa shape index (κ3) is 8.38. The second kappa shape index (κ2) is 11.4. The van der Waals surface area contributed by atoms with Gasteiger partial charge in [0.1, 0.15) is 0 Å². The van der Waals surface area contributed by atoms with E-state index in [1.807, 2.05) is 13.8 Å². The molecule has 0 aromatic heterocycles. The Morgan fingerprint density at radius 1 is 0.871 bits per heavy atom. The summed E-state index contributed by atoms with van der Waals surface area (Å²) in [5, 5.41) is 3.03. The molecule has 31 heavy (non-hydrogen) atoms. The highest BCUT2D eigenvalue weighted by Gasteiger charge is 2.36. The van der Waals surface area contributed by atoms with Crippen molar-refractivity contribution in [2.75, 3.05) is 13.1 Å². The maximum atomic E-state index is 11.7. The molecule has 6 atom stereocenters. The van der Waals surface area contributed by atoms with E-state index >= 15 is 0 Å². The lowest BCUT2D eigenvalue weighted by atomic mass is 9.93. The van der Waals surface area contributed by atoms with E-state index in [0.29, 0.717) is 11.8 Å². The fourth-order valence-corrected chi connectivity index (χ4v) is 4.87. The zero-order valence-corrected chi connectivity index (χ0v) is 23.8. The second-order valence-corrected chi connectivity index (χ2v) is 14.9. The van der Waals surface area contributed by atoms with Crippen LogP contribution in [0, 0.1) is 35.5 Å². The molecule has 4 aliphatic rings. The molecular formula is C24H37Br3N2O2. The maximum absolute atomic E-state index is 11.7. The Hall–Kier alpha value is 0.0200. The van der Waals surface area contributed by atoms with Gasteiger partial charge in [-0.15, -0.1) is 0 Å². The third-order valence-electron chi connectivity index (χ3n) is 6.67. The van der Waals surface area contributed by atoms with E-state index in [0.717, 1.165) is 36.8 Å². The highest BCUT2D eigenvalue weighted by Crippen LogP contribution is 2.43.